The van der Waals surface area contributed by atoms with Gasteiger partial charge in [-0.15, -0.1) is 0 Å². The molecule has 1 N–H and O–H groups in total. The molecular formula is C12H12N4O2S. The zero-order valence-electron chi connectivity index (χ0n) is 10.5. The number of aromatic nitrogens is 2. The molecule has 0 bridgehead atoms. The number of nitrogens with zero attached hydrogens (tertiary/aromatic N) is 3. The molecule has 0 unspecified atom stereocenters. The molecule has 1 heterocycles. The molecule has 6 nitrogen and oxygen atoms in total. The number of hydrogen-bond donors (Lipinski definition) is 1. The summed E-state index contributed by atoms with van der Waals surface area (Å²) in [5.41, 5.74) is 1.00. The summed E-state index contributed by atoms with van der Waals surface area (Å²) < 4.78 is 0. The average Bonchev–Trinajstić information content (AvgIpc) is 2.38. The van der Waals surface area contributed by atoms with Gasteiger partial charge in [-0.25, -0.2) is 4.98 Å². The van der Waals surface area contributed by atoms with Crippen molar-refractivity contribution in [3.63, 3.8) is 0 Å². The van der Waals surface area contributed by atoms with Gasteiger partial charge in [0.2, 0.25) is 5.95 Å². The van der Waals surface area contributed by atoms with Crippen molar-refractivity contribution in [1.82, 2.24) is 9.97 Å². The van der Waals surface area contributed by atoms with E-state index >= 15 is 0 Å². The number of aryl methyl sites for hydroxylation is 1. The molecule has 0 fully saturated rings. The van der Waals surface area contributed by atoms with E-state index in [1.165, 1.54) is 18.0 Å². The first-order valence-electron chi connectivity index (χ1n) is 5.54. The van der Waals surface area contributed by atoms with Gasteiger partial charge in [0.15, 0.2) is 5.03 Å². The Labute approximate surface area is 114 Å². The fourth-order valence-corrected chi connectivity index (χ4v) is 2.45. The van der Waals surface area contributed by atoms with Gasteiger partial charge in [-0.05, 0) is 19.1 Å². The van der Waals surface area contributed by atoms with E-state index in [1.807, 2.05) is 31.2 Å². The summed E-state index contributed by atoms with van der Waals surface area (Å²) in [6.45, 7) is 1.97. The van der Waals surface area contributed by atoms with Crippen molar-refractivity contribution in [3.05, 3.63) is 46.1 Å². The lowest BCUT2D eigenvalue weighted by molar-refractivity contribution is -0.388. The summed E-state index contributed by atoms with van der Waals surface area (Å²) in [6, 6.07) is 7.72. The van der Waals surface area contributed by atoms with Gasteiger partial charge in [-0.3, -0.25) is 10.1 Å². The summed E-state index contributed by atoms with van der Waals surface area (Å²) in [7, 11) is 1.67. The molecule has 1 aromatic heterocycles. The molecule has 0 saturated carbocycles. The van der Waals surface area contributed by atoms with Crippen LogP contribution in [0.2, 0.25) is 0 Å². The van der Waals surface area contributed by atoms with E-state index in [9.17, 15) is 10.1 Å². The first-order valence-corrected chi connectivity index (χ1v) is 6.35. The van der Waals surface area contributed by atoms with Crippen molar-refractivity contribution in [3.8, 4) is 0 Å². The second-order valence-electron chi connectivity index (χ2n) is 3.81. The lowest BCUT2D eigenvalue weighted by Crippen LogP contribution is -2.00. The minimum Gasteiger partial charge on any atom is -0.357 e. The lowest BCUT2D eigenvalue weighted by atomic mass is 10.2. The molecule has 98 valence electrons. The van der Waals surface area contributed by atoms with Crippen LogP contribution in [0.4, 0.5) is 11.6 Å². The fraction of sp³-hybridized carbons (Fsp3) is 0.167. The topological polar surface area (TPSA) is 81.0 Å². The molecule has 0 spiro atoms. The Balaban J connectivity index is 2.39. The Bertz CT molecular complexity index is 618. The molecule has 0 amide bonds. The second-order valence-corrected chi connectivity index (χ2v) is 4.87. The van der Waals surface area contributed by atoms with Crippen LogP contribution < -0.4 is 5.32 Å². The summed E-state index contributed by atoms with van der Waals surface area (Å²) in [6.07, 6.45) is 1.22. The van der Waals surface area contributed by atoms with Gasteiger partial charge >= 0.3 is 5.69 Å². The quantitative estimate of drug-likeness (QED) is 0.525. The first-order chi connectivity index (χ1) is 9.10. The third-order valence-corrected chi connectivity index (χ3v) is 3.34. The van der Waals surface area contributed by atoms with Crippen molar-refractivity contribution in [2.75, 3.05) is 12.4 Å². The third kappa shape index (κ3) is 3.19. The molecule has 0 aliphatic heterocycles. The molecular weight excluding hydrogens is 264 g/mol. The first kappa shape index (κ1) is 13.3. The van der Waals surface area contributed by atoms with Crippen LogP contribution in [-0.2, 0) is 0 Å². The van der Waals surface area contributed by atoms with Crippen LogP contribution >= 0.6 is 11.8 Å². The highest BCUT2D eigenvalue weighted by Crippen LogP contribution is 2.33. The van der Waals surface area contributed by atoms with Crippen LogP contribution in [0.3, 0.4) is 0 Å². The third-order valence-electron chi connectivity index (χ3n) is 2.36. The summed E-state index contributed by atoms with van der Waals surface area (Å²) >= 11 is 1.25. The van der Waals surface area contributed by atoms with E-state index in [0.29, 0.717) is 11.0 Å². The number of nitro groups is 1. The maximum atomic E-state index is 11.0. The van der Waals surface area contributed by atoms with Crippen molar-refractivity contribution in [2.24, 2.45) is 0 Å². The van der Waals surface area contributed by atoms with E-state index in [0.717, 1.165) is 10.5 Å². The fourth-order valence-electron chi connectivity index (χ4n) is 1.47. The van der Waals surface area contributed by atoms with E-state index in [4.69, 9.17) is 0 Å². The van der Waals surface area contributed by atoms with Gasteiger partial charge in [0.05, 0.1) is 4.92 Å². The van der Waals surface area contributed by atoms with Crippen LogP contribution in [0.25, 0.3) is 0 Å². The highest BCUT2D eigenvalue weighted by Gasteiger charge is 2.18. The van der Waals surface area contributed by atoms with Gasteiger partial charge in [0.25, 0.3) is 0 Å². The zero-order valence-corrected chi connectivity index (χ0v) is 11.3. The molecule has 0 saturated heterocycles. The standard InChI is InChI=1S/C12H12N4O2S/c1-8-4-3-5-9(6-8)19-11-10(16(17)18)7-14-12(13-2)15-11/h3-7H,1-2H3,(H,13,14,15). The summed E-state index contributed by atoms with van der Waals surface area (Å²) in [5.74, 6) is 0.362. The largest absolute Gasteiger partial charge is 0.357 e. The molecule has 0 aliphatic carbocycles. The number of rotatable bonds is 4. The maximum absolute atomic E-state index is 11.0. The maximum Gasteiger partial charge on any atom is 0.320 e. The Hall–Kier alpha value is -2.15. The van der Waals surface area contributed by atoms with Crippen molar-refractivity contribution >= 4 is 23.4 Å². The van der Waals surface area contributed by atoms with Crippen LogP contribution in [-0.4, -0.2) is 21.9 Å². The minimum absolute atomic E-state index is 0.0921. The van der Waals surface area contributed by atoms with Gasteiger partial charge in [0, 0.05) is 11.9 Å². The normalized spacial score (nSPS) is 10.2. The van der Waals surface area contributed by atoms with Gasteiger partial charge in [0.1, 0.15) is 6.20 Å². The Morgan fingerprint density at radius 3 is 2.84 bits per heavy atom. The van der Waals surface area contributed by atoms with Crippen LogP contribution in [0.1, 0.15) is 5.56 Å². The van der Waals surface area contributed by atoms with E-state index < -0.39 is 4.92 Å². The molecule has 1 aromatic carbocycles. The number of nitrogens with one attached hydrogen (secondary N) is 1. The molecule has 0 atom stereocenters. The predicted molar refractivity (Wildman–Crippen MR) is 73.5 cm³/mol. The summed E-state index contributed by atoms with van der Waals surface area (Å²) in [4.78, 5) is 19.4. The van der Waals surface area contributed by atoms with Crippen molar-refractivity contribution in [1.29, 1.82) is 0 Å². The Morgan fingerprint density at radius 1 is 1.42 bits per heavy atom. The van der Waals surface area contributed by atoms with E-state index in [1.54, 1.807) is 7.05 Å². The highest BCUT2D eigenvalue weighted by atomic mass is 32.2. The minimum atomic E-state index is -0.475. The van der Waals surface area contributed by atoms with Crippen molar-refractivity contribution < 1.29 is 4.92 Å². The van der Waals surface area contributed by atoms with Gasteiger partial charge in [-0.2, -0.15) is 4.98 Å². The second kappa shape index (κ2) is 5.66. The van der Waals surface area contributed by atoms with Gasteiger partial charge < -0.3 is 5.32 Å². The molecule has 0 aliphatic rings. The molecule has 2 aromatic rings. The number of hydrogen-bond acceptors (Lipinski definition) is 6. The number of anilines is 1. The van der Waals surface area contributed by atoms with Crippen LogP contribution in [0.5, 0.6) is 0 Å². The predicted octanol–water partition coefficient (Wildman–Crippen LogP) is 2.89. The van der Waals surface area contributed by atoms with E-state index in [2.05, 4.69) is 15.3 Å². The Kier molecular flexibility index (Phi) is 3.96. The van der Waals surface area contributed by atoms with Crippen LogP contribution in [0.15, 0.2) is 40.4 Å². The van der Waals surface area contributed by atoms with Crippen LogP contribution in [0, 0.1) is 17.0 Å². The lowest BCUT2D eigenvalue weighted by Gasteiger charge is -2.04. The van der Waals surface area contributed by atoms with E-state index in [-0.39, 0.29) is 5.69 Å². The number of benzene rings is 1. The highest BCUT2D eigenvalue weighted by molar-refractivity contribution is 7.99. The molecule has 19 heavy (non-hydrogen) atoms. The molecule has 2 rings (SSSR count). The zero-order chi connectivity index (χ0) is 13.8. The summed E-state index contributed by atoms with van der Waals surface area (Å²) in [5, 5.41) is 14.1. The van der Waals surface area contributed by atoms with Gasteiger partial charge in [-0.1, -0.05) is 29.5 Å². The SMILES string of the molecule is CNc1ncc([N+](=O)[O-])c(Sc2cccc(C)c2)n1. The molecule has 0 radical (unpaired) electrons. The average molecular weight is 276 g/mol. The molecule has 7 heteroatoms. The Morgan fingerprint density at radius 2 is 2.21 bits per heavy atom. The monoisotopic (exact) mass is 276 g/mol. The van der Waals surface area contributed by atoms with Crippen molar-refractivity contribution in [2.45, 2.75) is 16.8 Å². The smallest absolute Gasteiger partial charge is 0.320 e.